The Morgan fingerprint density at radius 3 is 2.83 bits per heavy atom. The third kappa shape index (κ3) is 2.48. The minimum atomic E-state index is -0.530. The number of carbonyl (C=O) groups excluding carboxylic acids is 1. The zero-order valence-corrected chi connectivity index (χ0v) is 13.0. The normalized spacial score (nSPS) is 10.9. The number of nitrogens with one attached hydrogen (secondary N) is 1. The number of hydrogen-bond acceptors (Lipinski definition) is 6. The molecule has 0 spiro atoms. The van der Waals surface area contributed by atoms with Gasteiger partial charge in [0.15, 0.2) is 0 Å². The average molecular weight is 313 g/mol. The Balaban J connectivity index is 2.23. The molecule has 0 amide bonds. The van der Waals surface area contributed by atoms with Gasteiger partial charge in [-0.25, -0.2) is 9.36 Å². The number of aromatic nitrogens is 5. The Kier molecular flexibility index (Phi) is 3.65. The lowest BCUT2D eigenvalue weighted by Gasteiger charge is -2.07. The van der Waals surface area contributed by atoms with Crippen LogP contribution in [0.1, 0.15) is 28.8 Å². The highest BCUT2D eigenvalue weighted by atomic mass is 16.5. The van der Waals surface area contributed by atoms with Gasteiger partial charge in [-0.05, 0) is 19.1 Å². The first kappa shape index (κ1) is 14.9. The van der Waals surface area contributed by atoms with E-state index in [4.69, 9.17) is 4.74 Å². The highest BCUT2D eigenvalue weighted by Gasteiger charge is 2.15. The van der Waals surface area contributed by atoms with Crippen molar-refractivity contribution >= 4 is 16.9 Å². The zero-order valence-electron chi connectivity index (χ0n) is 13.0. The van der Waals surface area contributed by atoms with Gasteiger partial charge in [-0.2, -0.15) is 4.98 Å². The van der Waals surface area contributed by atoms with Crippen LogP contribution in [0.15, 0.2) is 23.1 Å². The molecular formula is C15H15N5O3. The first-order valence-electron chi connectivity index (χ1n) is 7.08. The van der Waals surface area contributed by atoms with Crippen LogP contribution in [0.5, 0.6) is 0 Å². The number of H-pyrrole nitrogens is 1. The molecule has 0 aliphatic rings. The molecule has 0 aromatic carbocycles. The van der Waals surface area contributed by atoms with Crippen LogP contribution in [0.3, 0.4) is 0 Å². The van der Waals surface area contributed by atoms with Gasteiger partial charge in [0.1, 0.15) is 5.82 Å². The molecule has 3 rings (SSSR count). The number of aryl methyl sites for hydroxylation is 2. The summed E-state index contributed by atoms with van der Waals surface area (Å²) in [5.74, 6) is 0.413. The molecule has 0 atom stereocenters. The van der Waals surface area contributed by atoms with E-state index in [1.165, 1.54) is 17.7 Å². The first-order chi connectivity index (χ1) is 11.0. The molecule has 1 N–H and O–H groups in total. The molecule has 3 aromatic rings. The lowest BCUT2D eigenvalue weighted by Crippen LogP contribution is -2.20. The second kappa shape index (κ2) is 5.64. The number of methoxy groups -OCH3 is 1. The van der Waals surface area contributed by atoms with Crippen molar-refractivity contribution < 1.29 is 9.53 Å². The van der Waals surface area contributed by atoms with Gasteiger partial charge in [0, 0.05) is 12.6 Å². The van der Waals surface area contributed by atoms with Gasteiger partial charge in [0.2, 0.25) is 0 Å². The highest BCUT2D eigenvalue weighted by molar-refractivity contribution is 5.94. The summed E-state index contributed by atoms with van der Waals surface area (Å²) >= 11 is 0. The van der Waals surface area contributed by atoms with Gasteiger partial charge in [-0.1, -0.05) is 6.92 Å². The van der Waals surface area contributed by atoms with Crippen molar-refractivity contribution in [3.05, 3.63) is 45.8 Å². The molecule has 0 aliphatic carbocycles. The maximum atomic E-state index is 12.7. The van der Waals surface area contributed by atoms with Gasteiger partial charge in [-0.15, -0.1) is 5.10 Å². The zero-order chi connectivity index (χ0) is 16.6. The van der Waals surface area contributed by atoms with Crippen LogP contribution < -0.4 is 5.56 Å². The first-order valence-corrected chi connectivity index (χ1v) is 7.08. The third-order valence-electron chi connectivity index (χ3n) is 3.55. The number of aromatic amines is 1. The fourth-order valence-electron chi connectivity index (χ4n) is 2.29. The molecule has 23 heavy (non-hydrogen) atoms. The summed E-state index contributed by atoms with van der Waals surface area (Å²) in [6.45, 7) is 3.63. The van der Waals surface area contributed by atoms with Gasteiger partial charge < -0.3 is 4.74 Å². The minimum Gasteiger partial charge on any atom is -0.465 e. The number of fused-ring (bicyclic) bond motifs is 1. The number of ether oxygens (including phenoxy) is 1. The van der Waals surface area contributed by atoms with Gasteiger partial charge >= 0.3 is 5.97 Å². The van der Waals surface area contributed by atoms with Crippen molar-refractivity contribution in [2.24, 2.45) is 0 Å². The molecule has 3 heterocycles. The molecule has 0 fully saturated rings. The summed E-state index contributed by atoms with van der Waals surface area (Å²) < 4.78 is 6.04. The molecule has 0 unspecified atom stereocenters. The molecule has 118 valence electrons. The van der Waals surface area contributed by atoms with E-state index in [1.54, 1.807) is 19.2 Å². The van der Waals surface area contributed by atoms with E-state index >= 15 is 0 Å². The SMILES string of the molecule is CCc1nc(-n2ccc3nc(C)c(C(=O)OC)cc3c2=O)n[nH]1. The maximum absolute atomic E-state index is 12.7. The lowest BCUT2D eigenvalue weighted by molar-refractivity contribution is 0.0599. The van der Waals surface area contributed by atoms with Crippen LogP contribution in [-0.2, 0) is 11.2 Å². The van der Waals surface area contributed by atoms with Crippen molar-refractivity contribution in [2.75, 3.05) is 7.11 Å². The molecule has 0 saturated carbocycles. The van der Waals surface area contributed by atoms with E-state index in [0.717, 1.165) is 0 Å². The number of pyridine rings is 2. The number of hydrogen-bond donors (Lipinski definition) is 1. The Morgan fingerprint density at radius 1 is 1.39 bits per heavy atom. The van der Waals surface area contributed by atoms with Crippen molar-refractivity contribution in [2.45, 2.75) is 20.3 Å². The summed E-state index contributed by atoms with van der Waals surface area (Å²) in [4.78, 5) is 33.0. The fraction of sp³-hybridized carbons (Fsp3) is 0.267. The Morgan fingerprint density at radius 2 is 2.17 bits per heavy atom. The summed E-state index contributed by atoms with van der Waals surface area (Å²) in [7, 11) is 1.29. The van der Waals surface area contributed by atoms with E-state index in [0.29, 0.717) is 28.8 Å². The van der Waals surface area contributed by atoms with Crippen LogP contribution in [0, 0.1) is 6.92 Å². The summed E-state index contributed by atoms with van der Waals surface area (Å²) in [5.41, 5.74) is 0.927. The highest BCUT2D eigenvalue weighted by Crippen LogP contribution is 2.15. The molecule has 0 aliphatic heterocycles. The summed E-state index contributed by atoms with van der Waals surface area (Å²) in [6.07, 6.45) is 2.25. The van der Waals surface area contributed by atoms with Crippen LogP contribution in [0.2, 0.25) is 0 Å². The van der Waals surface area contributed by atoms with Gasteiger partial charge in [-0.3, -0.25) is 14.9 Å². The average Bonchev–Trinajstić information content (AvgIpc) is 3.03. The number of rotatable bonds is 3. The molecule has 8 nitrogen and oxygen atoms in total. The van der Waals surface area contributed by atoms with Crippen molar-refractivity contribution in [3.8, 4) is 5.95 Å². The van der Waals surface area contributed by atoms with Crippen LogP contribution in [0.4, 0.5) is 0 Å². The Hall–Kier alpha value is -3.03. The van der Waals surface area contributed by atoms with Crippen molar-refractivity contribution in [1.82, 2.24) is 24.7 Å². The third-order valence-corrected chi connectivity index (χ3v) is 3.55. The van der Waals surface area contributed by atoms with Crippen LogP contribution in [0.25, 0.3) is 16.9 Å². The smallest absolute Gasteiger partial charge is 0.339 e. The molecule has 0 saturated heterocycles. The molecule has 0 bridgehead atoms. The molecular weight excluding hydrogens is 298 g/mol. The lowest BCUT2D eigenvalue weighted by atomic mass is 10.1. The standard InChI is InChI=1S/C15H15N5O3/c1-4-12-17-15(19-18-12)20-6-5-11-10(13(20)21)7-9(8(2)16-11)14(22)23-3/h5-7H,4H2,1-3H3,(H,17,18,19). The summed E-state index contributed by atoms with van der Waals surface area (Å²) in [5, 5.41) is 7.10. The van der Waals surface area contributed by atoms with Crippen molar-refractivity contribution in [1.29, 1.82) is 0 Å². The Labute approximate surface area is 131 Å². The second-order valence-electron chi connectivity index (χ2n) is 4.97. The van der Waals surface area contributed by atoms with E-state index < -0.39 is 5.97 Å². The number of carbonyl (C=O) groups is 1. The summed E-state index contributed by atoms with van der Waals surface area (Å²) in [6, 6.07) is 3.18. The predicted molar refractivity (Wildman–Crippen MR) is 82.7 cm³/mol. The van der Waals surface area contributed by atoms with E-state index in [9.17, 15) is 9.59 Å². The molecule has 3 aromatic heterocycles. The largest absolute Gasteiger partial charge is 0.465 e. The monoisotopic (exact) mass is 313 g/mol. The van der Waals surface area contributed by atoms with Crippen LogP contribution >= 0.6 is 0 Å². The molecule has 8 heteroatoms. The topological polar surface area (TPSA) is 103 Å². The minimum absolute atomic E-state index is 0.258. The van der Waals surface area contributed by atoms with E-state index in [1.807, 2.05) is 6.92 Å². The predicted octanol–water partition coefficient (Wildman–Crippen LogP) is 1.16. The Bertz CT molecular complexity index is 957. The number of nitrogens with zero attached hydrogens (tertiary/aromatic N) is 4. The quantitative estimate of drug-likeness (QED) is 0.728. The van der Waals surface area contributed by atoms with E-state index in [2.05, 4.69) is 20.2 Å². The van der Waals surface area contributed by atoms with Gasteiger partial charge in [0.25, 0.3) is 11.5 Å². The van der Waals surface area contributed by atoms with Crippen LogP contribution in [-0.4, -0.2) is 37.8 Å². The van der Waals surface area contributed by atoms with E-state index in [-0.39, 0.29) is 17.1 Å². The van der Waals surface area contributed by atoms with Gasteiger partial charge in [0.05, 0.1) is 29.3 Å². The van der Waals surface area contributed by atoms with Crippen molar-refractivity contribution in [3.63, 3.8) is 0 Å². The maximum Gasteiger partial charge on any atom is 0.339 e. The number of esters is 1. The molecule has 0 radical (unpaired) electrons. The fourth-order valence-corrected chi connectivity index (χ4v) is 2.29. The second-order valence-corrected chi connectivity index (χ2v) is 4.97.